The Labute approximate surface area is 170 Å². The van der Waals surface area contributed by atoms with Crippen LogP contribution in [0, 0.1) is 11.3 Å². The summed E-state index contributed by atoms with van der Waals surface area (Å²) in [6.07, 6.45) is 0. The van der Waals surface area contributed by atoms with E-state index in [1.165, 1.54) is 6.92 Å². The maximum absolute atomic E-state index is 11.4. The van der Waals surface area contributed by atoms with Gasteiger partial charge >= 0.3 is 5.97 Å². The van der Waals surface area contributed by atoms with Gasteiger partial charge in [0, 0.05) is 26.6 Å². The van der Waals surface area contributed by atoms with Crippen molar-refractivity contribution in [2.75, 3.05) is 13.1 Å². The Morgan fingerprint density at radius 1 is 1.21 bits per heavy atom. The molecular formula is C22H25N3O4. The van der Waals surface area contributed by atoms with Gasteiger partial charge in [0.2, 0.25) is 5.91 Å². The average molecular weight is 395 g/mol. The summed E-state index contributed by atoms with van der Waals surface area (Å²) < 4.78 is 5.83. The minimum absolute atomic E-state index is 0.149. The molecule has 0 saturated carbocycles. The summed E-state index contributed by atoms with van der Waals surface area (Å²) in [4.78, 5) is 24.3. The summed E-state index contributed by atoms with van der Waals surface area (Å²) in [6.45, 7) is 4.58. The summed E-state index contributed by atoms with van der Waals surface area (Å²) in [5.41, 5.74) is 2.38. The molecule has 7 heteroatoms. The lowest BCUT2D eigenvalue weighted by molar-refractivity contribution is -0.142. The van der Waals surface area contributed by atoms with E-state index in [1.54, 1.807) is 24.0 Å². The van der Waals surface area contributed by atoms with Crippen molar-refractivity contribution in [3.05, 3.63) is 65.2 Å². The third-order valence-electron chi connectivity index (χ3n) is 4.42. The maximum Gasteiger partial charge on any atom is 0.320 e. The topological polar surface area (TPSA) is 103 Å². The predicted molar refractivity (Wildman–Crippen MR) is 108 cm³/mol. The number of hydrogen-bond acceptors (Lipinski definition) is 5. The fraction of sp³-hybridized carbons (Fsp3) is 0.318. The molecule has 0 aliphatic rings. The molecule has 152 valence electrons. The summed E-state index contributed by atoms with van der Waals surface area (Å²) in [7, 11) is 0. The molecule has 1 unspecified atom stereocenters. The van der Waals surface area contributed by atoms with Gasteiger partial charge in [0.05, 0.1) is 11.6 Å². The van der Waals surface area contributed by atoms with Gasteiger partial charge in [0.15, 0.2) is 0 Å². The summed E-state index contributed by atoms with van der Waals surface area (Å²) in [5, 5.41) is 21.0. The van der Waals surface area contributed by atoms with Crippen LogP contribution in [-0.4, -0.2) is 41.0 Å². The second-order valence-corrected chi connectivity index (χ2v) is 6.72. The van der Waals surface area contributed by atoms with Gasteiger partial charge in [0.1, 0.15) is 18.4 Å². The Morgan fingerprint density at radius 3 is 2.62 bits per heavy atom. The van der Waals surface area contributed by atoms with Crippen molar-refractivity contribution in [1.82, 2.24) is 10.2 Å². The first-order valence-electron chi connectivity index (χ1n) is 9.31. The van der Waals surface area contributed by atoms with Crippen LogP contribution in [0.15, 0.2) is 48.5 Å². The van der Waals surface area contributed by atoms with E-state index in [0.717, 1.165) is 11.1 Å². The fourth-order valence-electron chi connectivity index (χ4n) is 2.81. The van der Waals surface area contributed by atoms with E-state index in [-0.39, 0.29) is 5.91 Å². The average Bonchev–Trinajstić information content (AvgIpc) is 2.71. The number of ether oxygens (including phenoxy) is 1. The highest BCUT2D eigenvalue weighted by Gasteiger charge is 2.20. The SMILES string of the molecule is CC(=O)NCCN(Cc1cccc(OCc2cccc(C#N)c2)c1)C(C)C(=O)O. The molecular weight excluding hydrogens is 370 g/mol. The molecule has 0 saturated heterocycles. The minimum atomic E-state index is -0.919. The number of carboxylic acids is 1. The Hall–Kier alpha value is -3.37. The van der Waals surface area contributed by atoms with Crippen LogP contribution in [-0.2, 0) is 22.7 Å². The van der Waals surface area contributed by atoms with E-state index in [9.17, 15) is 14.7 Å². The summed E-state index contributed by atoms with van der Waals surface area (Å²) in [6, 6.07) is 16.1. The van der Waals surface area contributed by atoms with Crippen molar-refractivity contribution >= 4 is 11.9 Å². The number of carboxylic acid groups (broad SMARTS) is 1. The lowest BCUT2D eigenvalue weighted by Crippen LogP contribution is -2.42. The molecule has 29 heavy (non-hydrogen) atoms. The van der Waals surface area contributed by atoms with Crippen molar-refractivity contribution in [1.29, 1.82) is 5.26 Å². The van der Waals surface area contributed by atoms with Gasteiger partial charge in [-0.25, -0.2) is 0 Å². The first-order valence-corrected chi connectivity index (χ1v) is 9.31. The van der Waals surface area contributed by atoms with Crippen LogP contribution in [0.25, 0.3) is 0 Å². The molecule has 0 fully saturated rings. The molecule has 0 aromatic heterocycles. The largest absolute Gasteiger partial charge is 0.489 e. The molecule has 0 radical (unpaired) electrons. The minimum Gasteiger partial charge on any atom is -0.489 e. The number of aliphatic carboxylic acids is 1. The van der Waals surface area contributed by atoms with Crippen molar-refractivity contribution in [2.45, 2.75) is 33.0 Å². The van der Waals surface area contributed by atoms with E-state index in [0.29, 0.717) is 37.6 Å². The number of amides is 1. The van der Waals surface area contributed by atoms with Gasteiger partial charge in [0.25, 0.3) is 0 Å². The molecule has 0 heterocycles. The number of nitrogens with zero attached hydrogens (tertiary/aromatic N) is 2. The van der Waals surface area contributed by atoms with E-state index in [4.69, 9.17) is 10.00 Å². The van der Waals surface area contributed by atoms with Crippen LogP contribution >= 0.6 is 0 Å². The highest BCUT2D eigenvalue weighted by atomic mass is 16.5. The van der Waals surface area contributed by atoms with Crippen LogP contribution in [0.4, 0.5) is 0 Å². The Bertz CT molecular complexity index is 892. The molecule has 2 aromatic carbocycles. The second kappa shape index (κ2) is 10.8. The number of nitriles is 1. The second-order valence-electron chi connectivity index (χ2n) is 6.72. The zero-order chi connectivity index (χ0) is 21.2. The van der Waals surface area contributed by atoms with Crippen molar-refractivity contribution in [3.8, 4) is 11.8 Å². The van der Waals surface area contributed by atoms with E-state index < -0.39 is 12.0 Å². The van der Waals surface area contributed by atoms with Gasteiger partial charge in [-0.1, -0.05) is 24.3 Å². The maximum atomic E-state index is 11.4. The molecule has 1 atom stereocenters. The molecule has 0 aliphatic heterocycles. The van der Waals surface area contributed by atoms with Crippen molar-refractivity contribution in [2.24, 2.45) is 0 Å². The highest BCUT2D eigenvalue weighted by Crippen LogP contribution is 2.18. The number of rotatable bonds is 10. The Kier molecular flexibility index (Phi) is 8.19. The van der Waals surface area contributed by atoms with Gasteiger partial charge < -0.3 is 15.2 Å². The number of hydrogen-bond donors (Lipinski definition) is 2. The van der Waals surface area contributed by atoms with E-state index in [2.05, 4.69) is 11.4 Å². The molecule has 0 bridgehead atoms. The molecule has 0 spiro atoms. The highest BCUT2D eigenvalue weighted by molar-refractivity contribution is 5.73. The fourth-order valence-corrected chi connectivity index (χ4v) is 2.81. The van der Waals surface area contributed by atoms with E-state index in [1.807, 2.05) is 36.4 Å². The van der Waals surface area contributed by atoms with Crippen molar-refractivity contribution in [3.63, 3.8) is 0 Å². The summed E-state index contributed by atoms with van der Waals surface area (Å²) >= 11 is 0. The number of carbonyl (C=O) groups excluding carboxylic acids is 1. The zero-order valence-electron chi connectivity index (χ0n) is 16.6. The quantitative estimate of drug-likeness (QED) is 0.641. The van der Waals surface area contributed by atoms with E-state index >= 15 is 0 Å². The molecule has 1 amide bonds. The molecule has 2 rings (SSSR count). The molecule has 0 aliphatic carbocycles. The van der Waals surface area contributed by atoms with Crippen LogP contribution < -0.4 is 10.1 Å². The number of nitrogens with one attached hydrogen (secondary N) is 1. The van der Waals surface area contributed by atoms with Crippen molar-refractivity contribution < 1.29 is 19.4 Å². The van der Waals surface area contributed by atoms with Gasteiger partial charge in [-0.15, -0.1) is 0 Å². The molecule has 7 nitrogen and oxygen atoms in total. The lowest BCUT2D eigenvalue weighted by atomic mass is 10.1. The standard InChI is InChI=1S/C22H25N3O4/c1-16(22(27)28)25(10-9-24-17(2)26)14-19-6-4-8-21(12-19)29-15-20-7-3-5-18(11-20)13-23/h3-8,11-12,16H,9-10,14-15H2,1-2H3,(H,24,26)(H,27,28). The number of benzene rings is 2. The third-order valence-corrected chi connectivity index (χ3v) is 4.42. The normalized spacial score (nSPS) is 11.5. The smallest absolute Gasteiger partial charge is 0.320 e. The summed E-state index contributed by atoms with van der Waals surface area (Å²) in [5.74, 6) is -0.406. The molecule has 2 N–H and O–H groups in total. The zero-order valence-corrected chi connectivity index (χ0v) is 16.6. The van der Waals surface area contributed by atoms with Crippen LogP contribution in [0.1, 0.15) is 30.5 Å². The Morgan fingerprint density at radius 2 is 1.93 bits per heavy atom. The third kappa shape index (κ3) is 7.28. The van der Waals surface area contributed by atoms with Gasteiger partial charge in [-0.2, -0.15) is 5.26 Å². The van der Waals surface area contributed by atoms with Gasteiger partial charge in [-0.3, -0.25) is 14.5 Å². The first-order chi connectivity index (χ1) is 13.9. The predicted octanol–water partition coefficient (Wildman–Crippen LogP) is 2.55. The van der Waals surface area contributed by atoms with Gasteiger partial charge in [-0.05, 0) is 42.3 Å². The van der Waals surface area contributed by atoms with Crippen LogP contribution in [0.2, 0.25) is 0 Å². The number of carbonyl (C=O) groups is 2. The first kappa shape index (κ1) is 21.9. The molecule has 2 aromatic rings. The lowest BCUT2D eigenvalue weighted by Gasteiger charge is -2.26. The Balaban J connectivity index is 2.03. The van der Waals surface area contributed by atoms with Crippen LogP contribution in [0.3, 0.4) is 0 Å². The monoisotopic (exact) mass is 395 g/mol. The van der Waals surface area contributed by atoms with Crippen LogP contribution in [0.5, 0.6) is 5.75 Å².